The van der Waals surface area contributed by atoms with Crippen LogP contribution >= 0.6 is 28.1 Å². The number of aromatic nitrogens is 3. The molecular weight excluding hydrogens is 368 g/mol. The van der Waals surface area contributed by atoms with Gasteiger partial charge in [-0.1, -0.05) is 29.3 Å². The number of H-pyrrole nitrogens is 1. The SMILES string of the molecule is CCCCc1n[nH]c(=S)n1/N=C/c1cc(Br)cc(OC)c1O. The van der Waals surface area contributed by atoms with Gasteiger partial charge in [0.2, 0.25) is 4.77 Å². The number of methoxy groups -OCH3 is 1. The van der Waals surface area contributed by atoms with Crippen LogP contribution in [0.5, 0.6) is 11.5 Å². The summed E-state index contributed by atoms with van der Waals surface area (Å²) in [6.45, 7) is 2.11. The second-order valence-electron chi connectivity index (χ2n) is 4.65. The molecule has 0 bridgehead atoms. The topological polar surface area (TPSA) is 75.4 Å². The van der Waals surface area contributed by atoms with Gasteiger partial charge in [0, 0.05) is 16.5 Å². The number of aromatic amines is 1. The predicted octanol–water partition coefficient (Wildman–Crippen LogP) is 3.64. The highest BCUT2D eigenvalue weighted by Gasteiger charge is 2.09. The van der Waals surface area contributed by atoms with Gasteiger partial charge in [0.25, 0.3) is 0 Å². The summed E-state index contributed by atoms with van der Waals surface area (Å²) in [5, 5.41) is 21.4. The molecule has 1 aromatic heterocycles. The zero-order valence-corrected chi connectivity index (χ0v) is 14.7. The molecule has 2 rings (SSSR count). The van der Waals surface area contributed by atoms with E-state index in [2.05, 4.69) is 38.2 Å². The monoisotopic (exact) mass is 384 g/mol. The van der Waals surface area contributed by atoms with Crippen LogP contribution in [0.4, 0.5) is 0 Å². The number of rotatable bonds is 6. The maximum atomic E-state index is 10.1. The third-order valence-electron chi connectivity index (χ3n) is 3.07. The first-order chi connectivity index (χ1) is 10.6. The molecule has 22 heavy (non-hydrogen) atoms. The van der Waals surface area contributed by atoms with Crippen molar-refractivity contribution in [2.45, 2.75) is 26.2 Å². The van der Waals surface area contributed by atoms with E-state index in [4.69, 9.17) is 17.0 Å². The Morgan fingerprint density at radius 2 is 2.32 bits per heavy atom. The van der Waals surface area contributed by atoms with Crippen LogP contribution in [0.2, 0.25) is 0 Å². The Balaban J connectivity index is 2.35. The van der Waals surface area contributed by atoms with Gasteiger partial charge in [-0.15, -0.1) is 0 Å². The second-order valence-corrected chi connectivity index (χ2v) is 5.95. The molecule has 0 atom stereocenters. The van der Waals surface area contributed by atoms with Crippen molar-refractivity contribution in [1.82, 2.24) is 14.9 Å². The minimum Gasteiger partial charge on any atom is -0.504 e. The van der Waals surface area contributed by atoms with Gasteiger partial charge < -0.3 is 9.84 Å². The van der Waals surface area contributed by atoms with Crippen molar-refractivity contribution in [2.24, 2.45) is 5.10 Å². The van der Waals surface area contributed by atoms with Crippen LogP contribution in [0.25, 0.3) is 0 Å². The molecule has 1 heterocycles. The fourth-order valence-corrected chi connectivity index (χ4v) is 2.56. The second kappa shape index (κ2) is 7.55. The van der Waals surface area contributed by atoms with Gasteiger partial charge in [-0.25, -0.2) is 0 Å². The summed E-state index contributed by atoms with van der Waals surface area (Å²) in [6.07, 6.45) is 4.39. The van der Waals surface area contributed by atoms with E-state index >= 15 is 0 Å². The Labute approximate surface area is 142 Å². The lowest BCUT2D eigenvalue weighted by Gasteiger charge is -2.07. The summed E-state index contributed by atoms with van der Waals surface area (Å²) in [4.78, 5) is 0. The Morgan fingerprint density at radius 1 is 1.55 bits per heavy atom. The molecule has 0 spiro atoms. The van der Waals surface area contributed by atoms with Crippen LogP contribution in [-0.4, -0.2) is 33.3 Å². The highest BCUT2D eigenvalue weighted by molar-refractivity contribution is 9.10. The molecular formula is C14H17BrN4O2S. The molecule has 0 unspecified atom stereocenters. The van der Waals surface area contributed by atoms with Crippen LogP contribution in [0, 0.1) is 4.77 Å². The van der Waals surface area contributed by atoms with Gasteiger partial charge in [0.15, 0.2) is 17.3 Å². The van der Waals surface area contributed by atoms with E-state index in [1.807, 2.05) is 0 Å². The van der Waals surface area contributed by atoms with Crippen LogP contribution in [0.15, 0.2) is 21.7 Å². The van der Waals surface area contributed by atoms with E-state index in [1.165, 1.54) is 13.3 Å². The number of aromatic hydroxyl groups is 1. The lowest BCUT2D eigenvalue weighted by molar-refractivity contribution is 0.373. The minimum atomic E-state index is 0.0274. The standard InChI is InChI=1S/C14H17BrN4O2S/c1-3-4-5-12-17-18-14(22)19(12)16-8-9-6-10(15)7-11(21-2)13(9)20/h6-8,20H,3-5H2,1-2H3,(H,18,22)/b16-8+. The fourth-order valence-electron chi connectivity index (χ4n) is 1.91. The van der Waals surface area contributed by atoms with Gasteiger partial charge in [-0.05, 0) is 30.8 Å². The third-order valence-corrected chi connectivity index (χ3v) is 3.79. The van der Waals surface area contributed by atoms with E-state index in [-0.39, 0.29) is 5.75 Å². The average molecular weight is 385 g/mol. The van der Waals surface area contributed by atoms with Crippen molar-refractivity contribution in [3.8, 4) is 11.5 Å². The number of phenolic OH excluding ortho intramolecular Hbond substituents is 1. The Bertz CT molecular complexity index is 739. The van der Waals surface area contributed by atoms with Crippen molar-refractivity contribution >= 4 is 34.4 Å². The average Bonchev–Trinajstić information content (AvgIpc) is 2.85. The molecule has 2 N–H and O–H groups in total. The maximum Gasteiger partial charge on any atom is 0.216 e. The smallest absolute Gasteiger partial charge is 0.216 e. The zero-order chi connectivity index (χ0) is 16.1. The number of hydrogen-bond acceptors (Lipinski definition) is 5. The largest absolute Gasteiger partial charge is 0.504 e. The lowest BCUT2D eigenvalue weighted by atomic mass is 10.2. The first kappa shape index (κ1) is 16.7. The molecule has 0 aliphatic heterocycles. The maximum absolute atomic E-state index is 10.1. The number of phenols is 1. The number of nitrogens with one attached hydrogen (secondary N) is 1. The van der Waals surface area contributed by atoms with E-state index in [0.717, 1.165) is 29.6 Å². The molecule has 0 fully saturated rings. The number of aryl methyl sites for hydroxylation is 1. The van der Waals surface area contributed by atoms with Gasteiger partial charge in [0.1, 0.15) is 0 Å². The van der Waals surface area contributed by atoms with Crippen molar-refractivity contribution in [3.05, 3.63) is 32.8 Å². The summed E-state index contributed by atoms with van der Waals surface area (Å²) in [5.74, 6) is 1.17. The minimum absolute atomic E-state index is 0.0274. The Kier molecular flexibility index (Phi) is 5.73. The van der Waals surface area contributed by atoms with Gasteiger partial charge in [0.05, 0.1) is 13.3 Å². The number of benzene rings is 1. The van der Waals surface area contributed by atoms with Crippen LogP contribution in [0.3, 0.4) is 0 Å². The lowest BCUT2D eigenvalue weighted by Crippen LogP contribution is -1.99. The highest BCUT2D eigenvalue weighted by atomic mass is 79.9. The number of halogens is 1. The molecule has 0 radical (unpaired) electrons. The van der Waals surface area contributed by atoms with Crippen molar-refractivity contribution < 1.29 is 9.84 Å². The molecule has 0 aliphatic carbocycles. The number of ether oxygens (including phenoxy) is 1. The molecule has 6 nitrogen and oxygen atoms in total. The van der Waals surface area contributed by atoms with E-state index < -0.39 is 0 Å². The summed E-state index contributed by atoms with van der Waals surface area (Å²) in [6, 6.07) is 3.43. The van der Waals surface area contributed by atoms with Gasteiger partial charge in [-0.2, -0.15) is 14.9 Å². The summed E-state index contributed by atoms with van der Waals surface area (Å²) in [5.41, 5.74) is 0.524. The molecule has 1 aromatic carbocycles. The molecule has 0 saturated carbocycles. The van der Waals surface area contributed by atoms with Crippen molar-refractivity contribution in [1.29, 1.82) is 0 Å². The summed E-state index contributed by atoms with van der Waals surface area (Å²) < 4.78 is 7.89. The Hall–Kier alpha value is -1.67. The Morgan fingerprint density at radius 3 is 3.00 bits per heavy atom. The first-order valence-electron chi connectivity index (χ1n) is 6.84. The third kappa shape index (κ3) is 3.75. The molecule has 0 saturated heterocycles. The van der Waals surface area contributed by atoms with E-state index in [9.17, 15) is 5.11 Å². The van der Waals surface area contributed by atoms with Crippen LogP contribution in [0.1, 0.15) is 31.2 Å². The quantitative estimate of drug-likeness (QED) is 0.588. The number of nitrogens with zero attached hydrogens (tertiary/aromatic N) is 3. The van der Waals surface area contributed by atoms with Crippen molar-refractivity contribution in [3.63, 3.8) is 0 Å². The molecule has 0 amide bonds. The van der Waals surface area contributed by atoms with Gasteiger partial charge in [-0.3, -0.25) is 5.10 Å². The van der Waals surface area contributed by atoms with Gasteiger partial charge >= 0.3 is 0 Å². The summed E-state index contributed by atoms with van der Waals surface area (Å²) in [7, 11) is 1.50. The first-order valence-corrected chi connectivity index (χ1v) is 8.04. The molecule has 0 aliphatic rings. The fraction of sp³-hybridized carbons (Fsp3) is 0.357. The number of hydrogen-bond donors (Lipinski definition) is 2. The van der Waals surface area contributed by atoms with E-state index in [1.54, 1.807) is 16.8 Å². The normalized spacial score (nSPS) is 11.2. The predicted molar refractivity (Wildman–Crippen MR) is 91.4 cm³/mol. The van der Waals surface area contributed by atoms with Crippen LogP contribution in [-0.2, 0) is 6.42 Å². The molecule has 8 heteroatoms. The van der Waals surface area contributed by atoms with E-state index in [0.29, 0.717) is 16.1 Å². The number of unbranched alkanes of at least 4 members (excludes halogenated alkanes) is 1. The summed E-state index contributed by atoms with van der Waals surface area (Å²) >= 11 is 8.55. The molecule has 118 valence electrons. The molecule has 2 aromatic rings. The van der Waals surface area contributed by atoms with Crippen molar-refractivity contribution in [2.75, 3.05) is 7.11 Å². The zero-order valence-electron chi connectivity index (χ0n) is 12.3. The highest BCUT2D eigenvalue weighted by Crippen LogP contribution is 2.32. The van der Waals surface area contributed by atoms with Crippen LogP contribution < -0.4 is 4.74 Å².